The highest BCUT2D eigenvalue weighted by molar-refractivity contribution is 6.30. The van der Waals surface area contributed by atoms with Crippen molar-refractivity contribution in [2.24, 2.45) is 0 Å². The van der Waals surface area contributed by atoms with E-state index in [2.05, 4.69) is 16.3 Å². The average Bonchev–Trinajstić information content (AvgIpc) is 3.07. The van der Waals surface area contributed by atoms with Crippen molar-refractivity contribution in [1.29, 1.82) is 5.26 Å². The highest BCUT2D eigenvalue weighted by atomic mass is 35.5. The van der Waals surface area contributed by atoms with Gasteiger partial charge in [0.2, 0.25) is 5.88 Å². The van der Waals surface area contributed by atoms with Gasteiger partial charge in [0.15, 0.2) is 5.76 Å². The van der Waals surface area contributed by atoms with Gasteiger partial charge in [0, 0.05) is 0 Å². The molecule has 1 aliphatic heterocycles. The lowest BCUT2D eigenvalue weighted by Gasteiger charge is -2.26. The van der Waals surface area contributed by atoms with Gasteiger partial charge in [-0.05, 0) is 30.2 Å². The Labute approximate surface area is 167 Å². The third kappa shape index (κ3) is 3.06. The number of nitrogens with zero attached hydrogens (tertiary/aromatic N) is 2. The van der Waals surface area contributed by atoms with Crippen LogP contribution in [0.4, 0.5) is 5.69 Å². The summed E-state index contributed by atoms with van der Waals surface area (Å²) in [7, 11) is 0. The van der Waals surface area contributed by atoms with E-state index in [9.17, 15) is 5.26 Å². The van der Waals surface area contributed by atoms with Crippen LogP contribution < -0.4 is 15.2 Å². The molecule has 2 aromatic carbocycles. The van der Waals surface area contributed by atoms with Crippen molar-refractivity contribution in [3.8, 4) is 17.7 Å². The van der Waals surface area contributed by atoms with Crippen LogP contribution in [0.2, 0.25) is 5.15 Å². The van der Waals surface area contributed by atoms with Crippen molar-refractivity contribution in [2.75, 3.05) is 12.3 Å². The fourth-order valence-electron chi connectivity index (χ4n) is 3.33. The number of halogens is 1. The van der Waals surface area contributed by atoms with Crippen molar-refractivity contribution in [3.63, 3.8) is 0 Å². The number of nitrogen functional groups attached to an aromatic ring is 1. The van der Waals surface area contributed by atoms with Crippen LogP contribution in [0.1, 0.15) is 22.6 Å². The molecule has 0 bridgehead atoms. The van der Waals surface area contributed by atoms with Gasteiger partial charge in [-0.25, -0.2) is 0 Å². The van der Waals surface area contributed by atoms with E-state index >= 15 is 0 Å². The molecule has 3 N–H and O–H groups in total. The zero-order chi connectivity index (χ0) is 19.7. The molecular formula is C21H17ClN4O2. The third-order valence-electron chi connectivity index (χ3n) is 4.72. The first-order valence-corrected chi connectivity index (χ1v) is 9.05. The lowest BCUT2D eigenvalue weighted by Crippen LogP contribution is -2.20. The van der Waals surface area contributed by atoms with Crippen LogP contribution in [0.15, 0.2) is 59.9 Å². The molecule has 1 atom stereocenters. The van der Waals surface area contributed by atoms with Crippen LogP contribution in [0.25, 0.3) is 0 Å². The second-order valence-corrected chi connectivity index (χ2v) is 6.80. The summed E-state index contributed by atoms with van der Waals surface area (Å²) < 4.78 is 11.7. The smallest absolute Gasteiger partial charge is 0.243 e. The van der Waals surface area contributed by atoms with E-state index in [-0.39, 0.29) is 6.61 Å². The van der Waals surface area contributed by atoms with Gasteiger partial charge in [-0.15, -0.1) is 5.10 Å². The Kier molecular flexibility index (Phi) is 4.68. The molecular weight excluding hydrogens is 376 g/mol. The monoisotopic (exact) mass is 392 g/mol. The number of aromatic nitrogens is 2. The van der Waals surface area contributed by atoms with E-state index < -0.39 is 5.92 Å². The molecule has 1 aromatic heterocycles. The van der Waals surface area contributed by atoms with Crippen LogP contribution in [-0.2, 0) is 0 Å². The number of H-pyrrole nitrogens is 1. The third-order valence-corrected chi connectivity index (χ3v) is 5.01. The van der Waals surface area contributed by atoms with Gasteiger partial charge in [0.25, 0.3) is 0 Å². The predicted octanol–water partition coefficient (Wildman–Crippen LogP) is 4.33. The molecule has 2 heterocycles. The van der Waals surface area contributed by atoms with E-state index in [1.165, 1.54) is 0 Å². The molecule has 0 radical (unpaired) electrons. The Hall–Kier alpha value is -3.43. The van der Waals surface area contributed by atoms with Crippen LogP contribution in [0.3, 0.4) is 0 Å². The number of nitriles is 1. The van der Waals surface area contributed by atoms with Gasteiger partial charge >= 0.3 is 0 Å². The normalized spacial score (nSPS) is 15.5. The standard InChI is InChI=1S/C21H17ClN4O2/c1-12-6-2-3-7-13(12)18-14(10-23)17(28-21-19(18)20(22)25-26-21)11-27-16-9-5-4-8-15(16)24/h2-9,18H,11,24H2,1H3,(H,25,26). The Balaban J connectivity index is 1.78. The van der Waals surface area contributed by atoms with E-state index in [0.29, 0.717) is 39.4 Å². The minimum Gasteiger partial charge on any atom is -0.483 e. The number of hydrogen-bond donors (Lipinski definition) is 2. The lowest BCUT2D eigenvalue weighted by atomic mass is 9.82. The molecule has 7 heteroatoms. The van der Waals surface area contributed by atoms with Crippen LogP contribution >= 0.6 is 11.6 Å². The van der Waals surface area contributed by atoms with Crippen molar-refractivity contribution < 1.29 is 9.47 Å². The minimum atomic E-state index is -0.395. The first-order chi connectivity index (χ1) is 13.6. The van der Waals surface area contributed by atoms with Gasteiger partial charge in [-0.2, -0.15) is 5.26 Å². The SMILES string of the molecule is Cc1ccccc1C1C(C#N)=C(COc2ccccc2N)Oc2n[nH]c(Cl)c21. The molecule has 0 amide bonds. The number of benzene rings is 2. The Morgan fingerprint density at radius 3 is 2.75 bits per heavy atom. The summed E-state index contributed by atoms with van der Waals surface area (Å²) in [6.45, 7) is 2.04. The maximum atomic E-state index is 9.95. The quantitative estimate of drug-likeness (QED) is 0.644. The van der Waals surface area contributed by atoms with Gasteiger partial charge in [-0.1, -0.05) is 48.0 Å². The number of nitrogens with one attached hydrogen (secondary N) is 1. The Morgan fingerprint density at radius 1 is 1.25 bits per heavy atom. The lowest BCUT2D eigenvalue weighted by molar-refractivity contribution is 0.267. The van der Waals surface area contributed by atoms with E-state index in [1.54, 1.807) is 12.1 Å². The molecule has 140 valence electrons. The average molecular weight is 393 g/mol. The highest BCUT2D eigenvalue weighted by Crippen LogP contribution is 2.46. The predicted molar refractivity (Wildman–Crippen MR) is 106 cm³/mol. The number of fused-ring (bicyclic) bond motifs is 1. The molecule has 1 aliphatic rings. The molecule has 0 fully saturated rings. The van der Waals surface area contributed by atoms with Gasteiger partial charge in [-0.3, -0.25) is 5.10 Å². The fourth-order valence-corrected chi connectivity index (χ4v) is 3.56. The molecule has 28 heavy (non-hydrogen) atoms. The summed E-state index contributed by atoms with van der Waals surface area (Å²) in [6, 6.07) is 17.3. The van der Waals surface area contributed by atoms with Crippen molar-refractivity contribution >= 4 is 17.3 Å². The van der Waals surface area contributed by atoms with E-state index in [4.69, 9.17) is 26.8 Å². The minimum absolute atomic E-state index is 0.0450. The van der Waals surface area contributed by atoms with Crippen molar-refractivity contribution in [2.45, 2.75) is 12.8 Å². The molecule has 0 saturated heterocycles. The highest BCUT2D eigenvalue weighted by Gasteiger charge is 2.36. The fraction of sp³-hybridized carbons (Fsp3) is 0.143. The second kappa shape index (κ2) is 7.29. The summed E-state index contributed by atoms with van der Waals surface area (Å²) >= 11 is 6.34. The molecule has 0 saturated carbocycles. The molecule has 4 rings (SSSR count). The number of aromatic amines is 1. The summed E-state index contributed by atoms with van der Waals surface area (Å²) in [5.41, 5.74) is 9.53. The van der Waals surface area contributed by atoms with Crippen molar-refractivity contribution in [1.82, 2.24) is 10.2 Å². The van der Waals surface area contributed by atoms with Crippen molar-refractivity contribution in [3.05, 3.63) is 81.7 Å². The summed E-state index contributed by atoms with van der Waals surface area (Å²) in [4.78, 5) is 0. The van der Waals surface area contributed by atoms with Crippen LogP contribution in [0.5, 0.6) is 11.6 Å². The second-order valence-electron chi connectivity index (χ2n) is 6.42. The van der Waals surface area contributed by atoms with Crippen LogP contribution in [-0.4, -0.2) is 16.8 Å². The maximum Gasteiger partial charge on any atom is 0.243 e. The Morgan fingerprint density at radius 2 is 2.00 bits per heavy atom. The molecule has 0 aliphatic carbocycles. The summed E-state index contributed by atoms with van der Waals surface area (Å²) in [6.07, 6.45) is 0. The number of allylic oxidation sites excluding steroid dienone is 1. The number of anilines is 1. The Bertz CT molecular complexity index is 1110. The topological polar surface area (TPSA) is 96.9 Å². The first kappa shape index (κ1) is 18.0. The van der Waals surface area contributed by atoms with Gasteiger partial charge in [0.1, 0.15) is 17.5 Å². The van der Waals surface area contributed by atoms with Gasteiger partial charge in [0.05, 0.1) is 28.8 Å². The molecule has 3 aromatic rings. The number of ether oxygens (including phenoxy) is 2. The number of rotatable bonds is 4. The zero-order valence-electron chi connectivity index (χ0n) is 15.1. The largest absolute Gasteiger partial charge is 0.483 e. The van der Waals surface area contributed by atoms with Gasteiger partial charge < -0.3 is 15.2 Å². The number of aryl methyl sites for hydroxylation is 1. The maximum absolute atomic E-state index is 9.95. The number of para-hydroxylation sites is 2. The van der Waals surface area contributed by atoms with E-state index in [1.807, 2.05) is 43.3 Å². The zero-order valence-corrected chi connectivity index (χ0v) is 15.8. The number of nitrogens with two attached hydrogens (primary N) is 1. The molecule has 6 nitrogen and oxygen atoms in total. The summed E-state index contributed by atoms with van der Waals surface area (Å²) in [5.74, 6) is 0.855. The first-order valence-electron chi connectivity index (χ1n) is 8.67. The van der Waals surface area contributed by atoms with Crippen LogP contribution in [0, 0.1) is 18.3 Å². The summed E-state index contributed by atoms with van der Waals surface area (Å²) in [5, 5.41) is 17.2. The molecule has 0 spiro atoms. The van der Waals surface area contributed by atoms with E-state index in [0.717, 1.165) is 11.1 Å². The molecule has 1 unspecified atom stereocenters. The number of hydrogen-bond acceptors (Lipinski definition) is 5.